The zero-order valence-electron chi connectivity index (χ0n) is 15.5. The second-order valence-corrected chi connectivity index (χ2v) is 8.71. The summed E-state index contributed by atoms with van der Waals surface area (Å²) in [6, 6.07) is -1.55. The molecule has 0 saturated carbocycles. The van der Waals surface area contributed by atoms with Crippen LogP contribution in [-0.4, -0.2) is 95.4 Å². The molecule has 0 radical (unpaired) electrons. The molecule has 9 N–H and O–H groups in total. The Morgan fingerprint density at radius 3 is 2.38 bits per heavy atom. The van der Waals surface area contributed by atoms with Crippen LogP contribution in [-0.2, 0) is 19.8 Å². The molecule has 1 fully saturated rings. The Hall–Kier alpha value is -1.43. The predicted molar refractivity (Wildman–Crippen MR) is 97.5 cm³/mol. The number of halogens is 2. The summed E-state index contributed by atoms with van der Waals surface area (Å²) in [5, 5.41) is 27.3. The molecule has 1 amide bonds. The first-order chi connectivity index (χ1) is 13.3. The molecule has 0 aromatic heterocycles. The lowest BCUT2D eigenvalue weighted by atomic mass is 9.78. The maximum atomic E-state index is 12.9. The van der Waals surface area contributed by atoms with Crippen molar-refractivity contribution < 1.29 is 41.9 Å². The van der Waals surface area contributed by atoms with E-state index in [9.17, 15) is 31.9 Å². The van der Waals surface area contributed by atoms with Crippen LogP contribution in [0, 0.1) is 5.92 Å². The Morgan fingerprint density at radius 2 is 1.93 bits per heavy atom. The second-order valence-electron chi connectivity index (χ2n) is 6.86. The summed E-state index contributed by atoms with van der Waals surface area (Å²) >= 11 is 0. The first kappa shape index (κ1) is 25.6. The monoisotopic (exact) mass is 445 g/mol. The summed E-state index contributed by atoms with van der Waals surface area (Å²) in [4.78, 5) is 23.9. The third kappa shape index (κ3) is 6.03. The molecule has 1 aliphatic heterocycles. The average Bonchev–Trinajstić information content (AvgIpc) is 2.97. The van der Waals surface area contributed by atoms with Crippen LogP contribution in [0.5, 0.6) is 0 Å². The van der Waals surface area contributed by atoms with E-state index < -0.39 is 79.3 Å². The van der Waals surface area contributed by atoms with Gasteiger partial charge in [0.1, 0.15) is 5.54 Å². The molecule has 16 heteroatoms. The van der Waals surface area contributed by atoms with Gasteiger partial charge in [0.25, 0.3) is 12.3 Å². The Bertz CT molecular complexity index is 701. The van der Waals surface area contributed by atoms with Crippen LogP contribution in [0.4, 0.5) is 8.78 Å². The Balaban J connectivity index is 3.17. The van der Waals surface area contributed by atoms with Gasteiger partial charge < -0.3 is 32.4 Å². The van der Waals surface area contributed by atoms with Gasteiger partial charge in [-0.1, -0.05) is 6.42 Å². The van der Waals surface area contributed by atoms with Crippen LogP contribution in [0.2, 0.25) is 6.32 Å². The van der Waals surface area contributed by atoms with Gasteiger partial charge >= 0.3 is 23.3 Å². The van der Waals surface area contributed by atoms with Crippen molar-refractivity contribution >= 4 is 29.2 Å². The van der Waals surface area contributed by atoms with Gasteiger partial charge in [0, 0.05) is 25.6 Å². The van der Waals surface area contributed by atoms with Crippen LogP contribution >= 0.6 is 0 Å². The zero-order valence-corrected chi connectivity index (χ0v) is 16.3. The molecule has 0 spiro atoms. The molecule has 1 aliphatic rings. The number of carboxylic acid groups (broad SMARTS) is 1. The van der Waals surface area contributed by atoms with E-state index in [-0.39, 0.29) is 23.5 Å². The van der Waals surface area contributed by atoms with E-state index in [4.69, 9.17) is 27.2 Å². The number of carboxylic acids is 1. The van der Waals surface area contributed by atoms with E-state index in [0.717, 1.165) is 0 Å². The maximum absolute atomic E-state index is 12.9. The van der Waals surface area contributed by atoms with Crippen LogP contribution < -0.4 is 17.2 Å². The van der Waals surface area contributed by atoms with Crippen molar-refractivity contribution in [2.24, 2.45) is 23.1 Å². The van der Waals surface area contributed by atoms with E-state index in [0.29, 0.717) is 4.31 Å². The molecular weight excluding hydrogens is 419 g/mol. The van der Waals surface area contributed by atoms with E-state index in [2.05, 4.69) is 0 Å². The highest BCUT2D eigenvalue weighted by atomic mass is 32.2. The normalized spacial score (nSPS) is 23.9. The summed E-state index contributed by atoms with van der Waals surface area (Å²) in [5.74, 6) is -3.83. The van der Waals surface area contributed by atoms with Gasteiger partial charge in [-0.3, -0.25) is 9.59 Å². The molecule has 1 rings (SSSR count). The summed E-state index contributed by atoms with van der Waals surface area (Å²) in [5.41, 5.74) is 14.5. The van der Waals surface area contributed by atoms with Crippen molar-refractivity contribution in [2.75, 3.05) is 26.2 Å². The van der Waals surface area contributed by atoms with Gasteiger partial charge in [-0.25, -0.2) is 13.1 Å². The van der Waals surface area contributed by atoms with Gasteiger partial charge in [-0.15, -0.1) is 0 Å². The second kappa shape index (κ2) is 10.1. The number of hydrogen-bond acceptors (Lipinski definition) is 9. The van der Waals surface area contributed by atoms with Crippen molar-refractivity contribution in [3.05, 3.63) is 0 Å². The number of alkyl halides is 2. The van der Waals surface area contributed by atoms with Crippen LogP contribution in [0.15, 0.2) is 0 Å². The molecule has 29 heavy (non-hydrogen) atoms. The SMILES string of the molecule is NCC(N)C(=O)N(CC(F)F)S(=O)(=O)N1C[C@H](CCCB(O)O)[C@](N)(C(=O)O)C1. The maximum Gasteiger partial charge on any atom is 0.451 e. The Kier molecular flexibility index (Phi) is 8.88. The van der Waals surface area contributed by atoms with E-state index >= 15 is 0 Å². The van der Waals surface area contributed by atoms with Gasteiger partial charge in [-0.2, -0.15) is 12.7 Å². The topological polar surface area (TPSA) is 214 Å². The van der Waals surface area contributed by atoms with Gasteiger partial charge in [-0.05, 0) is 12.7 Å². The number of amides is 1. The number of hydrogen-bond donors (Lipinski definition) is 6. The molecule has 3 atom stereocenters. The first-order valence-corrected chi connectivity index (χ1v) is 10.1. The smallest absolute Gasteiger partial charge is 0.451 e. The summed E-state index contributed by atoms with van der Waals surface area (Å²) in [7, 11) is -6.50. The van der Waals surface area contributed by atoms with Crippen molar-refractivity contribution in [3.63, 3.8) is 0 Å². The molecule has 0 aromatic rings. The lowest BCUT2D eigenvalue weighted by molar-refractivity contribution is -0.144. The van der Waals surface area contributed by atoms with E-state index in [1.165, 1.54) is 0 Å². The lowest BCUT2D eigenvalue weighted by Gasteiger charge is -2.29. The van der Waals surface area contributed by atoms with Crippen LogP contribution in [0.1, 0.15) is 12.8 Å². The predicted octanol–water partition coefficient (Wildman–Crippen LogP) is -3.42. The summed E-state index contributed by atoms with van der Waals surface area (Å²) in [6.07, 6.45) is -3.15. The average molecular weight is 445 g/mol. The minimum atomic E-state index is -4.87. The van der Waals surface area contributed by atoms with Crippen molar-refractivity contribution in [1.82, 2.24) is 8.61 Å². The molecule has 0 aliphatic carbocycles. The van der Waals surface area contributed by atoms with Crippen molar-refractivity contribution in [2.45, 2.75) is 37.2 Å². The Morgan fingerprint density at radius 1 is 1.34 bits per heavy atom. The van der Waals surface area contributed by atoms with E-state index in [1.807, 2.05) is 0 Å². The minimum Gasteiger partial charge on any atom is -0.480 e. The fourth-order valence-corrected chi connectivity index (χ4v) is 4.74. The number of rotatable bonds is 11. The third-order valence-corrected chi connectivity index (χ3v) is 6.55. The number of carbonyl (C=O) groups excluding carboxylic acids is 1. The van der Waals surface area contributed by atoms with Crippen molar-refractivity contribution in [3.8, 4) is 0 Å². The highest BCUT2D eigenvalue weighted by Gasteiger charge is 2.54. The fraction of sp³-hybridized carbons (Fsp3) is 0.846. The highest BCUT2D eigenvalue weighted by molar-refractivity contribution is 7.87. The highest BCUT2D eigenvalue weighted by Crippen LogP contribution is 2.33. The summed E-state index contributed by atoms with van der Waals surface area (Å²) < 4.78 is 51.9. The molecule has 1 saturated heterocycles. The fourth-order valence-electron chi connectivity index (χ4n) is 3.06. The Labute approximate surface area is 166 Å². The molecule has 1 heterocycles. The number of nitrogens with two attached hydrogens (primary N) is 3. The minimum absolute atomic E-state index is 0.0253. The van der Waals surface area contributed by atoms with Gasteiger partial charge in [0.2, 0.25) is 0 Å². The largest absolute Gasteiger partial charge is 0.480 e. The van der Waals surface area contributed by atoms with Crippen LogP contribution in [0.3, 0.4) is 0 Å². The first-order valence-electron chi connectivity index (χ1n) is 8.71. The standard InChI is InChI=1S/C13H26BF2N5O7S/c15-10(16)6-21(11(22)9(18)4-17)29(27,28)20-5-8(2-1-3-14(25)26)13(19,7-20)12(23)24/h8-10,25-26H,1-7,17-19H2,(H,23,24)/t8-,9?,13-/m0/s1. The molecule has 168 valence electrons. The third-order valence-electron chi connectivity index (χ3n) is 4.73. The zero-order chi connectivity index (χ0) is 22.6. The van der Waals surface area contributed by atoms with Crippen LogP contribution in [0.25, 0.3) is 0 Å². The quantitative estimate of drug-likeness (QED) is 0.173. The number of carbonyl (C=O) groups is 2. The molecule has 12 nitrogen and oxygen atoms in total. The summed E-state index contributed by atoms with van der Waals surface area (Å²) in [6.45, 7) is -3.19. The molecular formula is C13H26BF2N5O7S. The lowest BCUT2D eigenvalue weighted by Crippen LogP contribution is -2.57. The van der Waals surface area contributed by atoms with Gasteiger partial charge in [0.15, 0.2) is 0 Å². The van der Waals surface area contributed by atoms with Crippen molar-refractivity contribution in [1.29, 1.82) is 0 Å². The molecule has 0 bridgehead atoms. The van der Waals surface area contributed by atoms with E-state index in [1.54, 1.807) is 0 Å². The molecule has 0 aromatic carbocycles. The number of nitrogens with zero attached hydrogens (tertiary/aromatic N) is 2. The van der Waals surface area contributed by atoms with Gasteiger partial charge in [0.05, 0.1) is 12.6 Å². The number of aliphatic carboxylic acids is 1. The molecule has 1 unspecified atom stereocenters.